The van der Waals surface area contributed by atoms with Gasteiger partial charge in [0, 0.05) is 92.9 Å². The molecule has 12 nitrogen and oxygen atoms in total. The van der Waals surface area contributed by atoms with Gasteiger partial charge in [0.05, 0.1) is 43.0 Å². The Hall–Kier alpha value is -6.84. The standard InChI is InChI=1S/C48H40N6O6S2/c55-61(56,57)31-7-25-53-27-21-35(22-28-53)47-41-17-15-39(50-41)45(33-9-3-1-4-10-33)37-13-14-38(49-37)46(34-11-5-2-6-12-34)40-16-18-42(51-40)48(44-20-19-43(47)52-44)36-23-29-54(30-24-36)26-8-32-62(58,59)60/h1-6,9-24,27-30H,7-8,25-26,31-32H2,(H2-,49,50,51,52,55,56,57,58,59,60). The van der Waals surface area contributed by atoms with Crippen LogP contribution in [-0.4, -0.2) is 57.4 Å². The Bertz CT molecular complexity index is 3060. The molecule has 0 amide bonds. The quantitative estimate of drug-likeness (QED) is 0.0924. The monoisotopic (exact) mass is 860 g/mol. The maximum atomic E-state index is 11.3. The van der Waals surface area contributed by atoms with E-state index in [9.17, 15) is 25.9 Å². The Balaban J connectivity index is 1.31. The van der Waals surface area contributed by atoms with Crippen LogP contribution >= 0.6 is 0 Å². The van der Waals surface area contributed by atoms with Gasteiger partial charge in [-0.2, -0.15) is 0 Å². The summed E-state index contributed by atoms with van der Waals surface area (Å²) in [7, 11) is -8.64. The molecule has 0 saturated heterocycles. The summed E-state index contributed by atoms with van der Waals surface area (Å²) in [5.41, 5.74) is 13.6. The molecule has 0 spiro atoms. The lowest BCUT2D eigenvalue weighted by molar-refractivity contribution is -0.696. The van der Waals surface area contributed by atoms with E-state index in [0.29, 0.717) is 24.5 Å². The van der Waals surface area contributed by atoms with Crippen LogP contribution < -0.4 is 9.13 Å². The molecule has 0 aliphatic carbocycles. The van der Waals surface area contributed by atoms with Crippen molar-refractivity contribution in [3.05, 3.63) is 157 Å². The summed E-state index contributed by atoms with van der Waals surface area (Å²) in [6.07, 6.45) is 16.0. The van der Waals surface area contributed by atoms with Crippen LogP contribution in [0.15, 0.2) is 134 Å². The number of H-pyrrole nitrogens is 2. The summed E-state index contributed by atoms with van der Waals surface area (Å²) in [6.45, 7) is 0.725. The van der Waals surface area contributed by atoms with Crippen molar-refractivity contribution in [2.75, 3.05) is 11.5 Å². The second kappa shape index (κ2) is 16.9. The van der Waals surface area contributed by atoms with Crippen LogP contribution in [0.2, 0.25) is 0 Å². The molecule has 2 aliphatic rings. The summed E-state index contributed by atoms with van der Waals surface area (Å²) in [5.74, 6) is -0.880. The molecular weight excluding hydrogens is 821 g/mol. The SMILES string of the molecule is O=S(=O)([O-])CCC[n+]1ccc(-c2c3nc(c(-c4cc[n+](CCCS(=O)(=O)[O-])cc4)c4ccc([nH]4)c(-c4ccccc4)c4nc(c(-c5ccccc5)c5ccc2[nH]5)C=C4)C=C3)cc1. The average molecular weight is 861 g/mol. The molecule has 14 heteroatoms. The zero-order valence-electron chi connectivity index (χ0n) is 33.3. The topological polar surface area (TPSA) is 180 Å². The fraction of sp³-hybridized carbons (Fsp3) is 0.125. The number of fused-ring (bicyclic) bond motifs is 8. The molecule has 0 unspecified atom stereocenters. The molecule has 7 aromatic rings. The highest BCUT2D eigenvalue weighted by Gasteiger charge is 2.20. The van der Waals surface area contributed by atoms with Gasteiger partial charge in [-0.3, -0.25) is 0 Å². The van der Waals surface area contributed by atoms with Crippen LogP contribution in [0.3, 0.4) is 0 Å². The first kappa shape index (κ1) is 40.6. The molecule has 2 aromatic carbocycles. The van der Waals surface area contributed by atoms with E-state index in [1.165, 1.54) is 0 Å². The summed E-state index contributed by atoms with van der Waals surface area (Å²) >= 11 is 0. The van der Waals surface area contributed by atoms with Gasteiger partial charge >= 0.3 is 0 Å². The zero-order valence-corrected chi connectivity index (χ0v) is 34.9. The Morgan fingerprint density at radius 2 is 0.710 bits per heavy atom. The van der Waals surface area contributed by atoms with Crippen molar-refractivity contribution in [1.29, 1.82) is 0 Å². The van der Waals surface area contributed by atoms with Gasteiger partial charge in [0.25, 0.3) is 0 Å². The van der Waals surface area contributed by atoms with Gasteiger partial charge in [-0.1, -0.05) is 60.7 Å². The van der Waals surface area contributed by atoms with Crippen molar-refractivity contribution < 1.29 is 35.1 Å². The second-order valence-corrected chi connectivity index (χ2v) is 18.2. The molecule has 310 valence electrons. The molecule has 0 saturated carbocycles. The maximum Gasteiger partial charge on any atom is 0.169 e. The van der Waals surface area contributed by atoms with E-state index in [2.05, 4.69) is 58.5 Å². The lowest BCUT2D eigenvalue weighted by Crippen LogP contribution is -2.33. The Labute approximate surface area is 358 Å². The van der Waals surface area contributed by atoms with Gasteiger partial charge < -0.3 is 19.1 Å². The first-order valence-electron chi connectivity index (χ1n) is 20.1. The third-order valence-corrected chi connectivity index (χ3v) is 12.4. The van der Waals surface area contributed by atoms with Crippen LogP contribution in [0.25, 0.3) is 90.9 Å². The summed E-state index contributed by atoms with van der Waals surface area (Å²) in [6, 6.07) is 36.3. The van der Waals surface area contributed by atoms with E-state index in [4.69, 9.17) is 9.97 Å². The Morgan fingerprint density at radius 1 is 0.419 bits per heavy atom. The lowest BCUT2D eigenvalue weighted by atomic mass is 10.0. The molecular formula is C48H40N6O6S2. The molecule has 0 radical (unpaired) electrons. The number of aromatic amines is 2. The summed E-state index contributed by atoms with van der Waals surface area (Å²) in [5, 5.41) is 0. The second-order valence-electron chi connectivity index (χ2n) is 15.1. The Kier molecular flexibility index (Phi) is 11.1. The van der Waals surface area contributed by atoms with Crippen molar-refractivity contribution in [3.8, 4) is 44.5 Å². The van der Waals surface area contributed by atoms with Gasteiger partial charge in [-0.15, -0.1) is 0 Å². The van der Waals surface area contributed by atoms with Gasteiger partial charge in [-0.05, 0) is 70.8 Å². The Morgan fingerprint density at radius 3 is 1.00 bits per heavy atom. The number of pyridine rings is 2. The molecule has 62 heavy (non-hydrogen) atoms. The number of aromatic nitrogens is 6. The van der Waals surface area contributed by atoms with Crippen LogP contribution in [0.1, 0.15) is 35.6 Å². The first-order valence-corrected chi connectivity index (χ1v) is 23.2. The number of nitrogens with one attached hydrogen (secondary N) is 2. The normalized spacial score (nSPS) is 12.5. The highest BCUT2D eigenvalue weighted by molar-refractivity contribution is 7.85. The van der Waals surface area contributed by atoms with Gasteiger partial charge in [0.15, 0.2) is 24.8 Å². The highest BCUT2D eigenvalue weighted by Crippen LogP contribution is 2.38. The van der Waals surface area contributed by atoms with Gasteiger partial charge in [0.2, 0.25) is 0 Å². The maximum absolute atomic E-state index is 11.3. The number of hydrogen-bond acceptors (Lipinski definition) is 8. The van der Waals surface area contributed by atoms with Crippen molar-refractivity contribution in [3.63, 3.8) is 0 Å². The minimum absolute atomic E-state index is 0.195. The fourth-order valence-corrected chi connectivity index (χ4v) is 8.99. The van der Waals surface area contributed by atoms with E-state index in [1.54, 1.807) is 0 Å². The number of nitrogens with zero attached hydrogens (tertiary/aromatic N) is 4. The van der Waals surface area contributed by atoms with Crippen LogP contribution in [0.4, 0.5) is 0 Å². The number of aryl methyl sites for hydroxylation is 2. The molecule has 9 rings (SSSR count). The molecule has 2 aliphatic heterocycles. The molecule has 8 bridgehead atoms. The predicted molar refractivity (Wildman–Crippen MR) is 239 cm³/mol. The molecule has 2 N–H and O–H groups in total. The highest BCUT2D eigenvalue weighted by atomic mass is 32.2. The van der Waals surface area contributed by atoms with Crippen molar-refractivity contribution in [1.82, 2.24) is 19.9 Å². The van der Waals surface area contributed by atoms with Gasteiger partial charge in [0.1, 0.15) is 13.1 Å². The average Bonchev–Trinajstić information content (AvgIpc) is 4.10. The molecule has 0 atom stereocenters. The van der Waals surface area contributed by atoms with Crippen LogP contribution in [0.5, 0.6) is 0 Å². The van der Waals surface area contributed by atoms with E-state index in [0.717, 1.165) is 78.0 Å². The van der Waals surface area contributed by atoms with E-state index in [-0.39, 0.29) is 12.8 Å². The van der Waals surface area contributed by atoms with Crippen molar-refractivity contribution >= 4 is 66.6 Å². The van der Waals surface area contributed by atoms with Gasteiger partial charge in [-0.25, -0.2) is 35.9 Å². The third-order valence-electron chi connectivity index (χ3n) is 10.9. The number of rotatable bonds is 12. The molecule has 7 heterocycles. The van der Waals surface area contributed by atoms with E-state index in [1.807, 2.05) is 119 Å². The van der Waals surface area contributed by atoms with E-state index >= 15 is 0 Å². The van der Waals surface area contributed by atoms with Crippen molar-refractivity contribution in [2.24, 2.45) is 0 Å². The van der Waals surface area contributed by atoms with Crippen LogP contribution in [0, 0.1) is 0 Å². The number of benzene rings is 2. The molecule has 0 fully saturated rings. The van der Waals surface area contributed by atoms with Crippen molar-refractivity contribution in [2.45, 2.75) is 25.9 Å². The fourth-order valence-electron chi connectivity index (χ4n) is 8.02. The third kappa shape index (κ3) is 8.94. The molecule has 5 aromatic heterocycles. The minimum Gasteiger partial charge on any atom is -0.748 e. The summed E-state index contributed by atoms with van der Waals surface area (Å²) in [4.78, 5) is 18.1. The number of hydrogen-bond donors (Lipinski definition) is 2. The lowest BCUT2D eigenvalue weighted by Gasteiger charge is -2.07. The zero-order chi connectivity index (χ0) is 42.8. The minimum atomic E-state index is -4.32. The van der Waals surface area contributed by atoms with Crippen LogP contribution in [-0.2, 0) is 33.3 Å². The first-order chi connectivity index (χ1) is 30.0. The summed E-state index contributed by atoms with van der Waals surface area (Å²) < 4.78 is 71.3. The largest absolute Gasteiger partial charge is 0.748 e. The van der Waals surface area contributed by atoms with E-state index < -0.39 is 31.7 Å². The predicted octanol–water partition coefficient (Wildman–Crippen LogP) is 7.77. The smallest absolute Gasteiger partial charge is 0.169 e.